The van der Waals surface area contributed by atoms with Crippen molar-refractivity contribution in [1.82, 2.24) is 4.90 Å². The Kier molecular flexibility index (Phi) is 4.79. The molecular weight excluding hydrogens is 224 g/mol. The molecule has 0 saturated carbocycles. The molecule has 18 heavy (non-hydrogen) atoms. The fourth-order valence-electron chi connectivity index (χ4n) is 2.30. The van der Waals surface area contributed by atoms with Crippen molar-refractivity contribution in [2.24, 2.45) is 5.73 Å². The Morgan fingerprint density at radius 3 is 2.72 bits per heavy atom. The van der Waals surface area contributed by atoms with Gasteiger partial charge in [0.05, 0.1) is 0 Å². The molecule has 0 bridgehead atoms. The number of benzene rings is 1. The summed E-state index contributed by atoms with van der Waals surface area (Å²) in [7, 11) is 0. The number of nitrogens with two attached hydrogens (primary N) is 1. The van der Waals surface area contributed by atoms with Gasteiger partial charge in [-0.1, -0.05) is 31.2 Å². The number of ether oxygens (including phenoxy) is 1. The highest BCUT2D eigenvalue weighted by molar-refractivity contribution is 5.33. The van der Waals surface area contributed by atoms with E-state index < -0.39 is 6.23 Å². The largest absolute Gasteiger partial charge is 0.472 e. The quantitative estimate of drug-likeness (QED) is 0.641. The molecule has 1 atom stereocenters. The van der Waals surface area contributed by atoms with Crippen molar-refractivity contribution in [2.75, 3.05) is 13.1 Å². The summed E-state index contributed by atoms with van der Waals surface area (Å²) in [5, 5.41) is 0. The zero-order valence-electron chi connectivity index (χ0n) is 10.8. The molecule has 2 N–H and O–H groups in total. The van der Waals surface area contributed by atoms with Crippen LogP contribution in [-0.2, 0) is 6.54 Å². The van der Waals surface area contributed by atoms with E-state index in [1.165, 1.54) is 37.9 Å². The van der Waals surface area contributed by atoms with Gasteiger partial charge in [-0.25, -0.2) is 0 Å². The van der Waals surface area contributed by atoms with Gasteiger partial charge in [0.25, 0.3) is 0 Å². The fraction of sp³-hybridized carbons (Fsp3) is 0.467. The number of likely N-dealkylation sites (tertiary alicyclic amines) is 1. The van der Waals surface area contributed by atoms with Gasteiger partial charge in [-0.3, -0.25) is 10.6 Å². The Labute approximate surface area is 109 Å². The van der Waals surface area contributed by atoms with Crippen LogP contribution in [0.3, 0.4) is 0 Å². The van der Waals surface area contributed by atoms with Crippen molar-refractivity contribution in [3.05, 3.63) is 42.5 Å². The lowest BCUT2D eigenvalue weighted by molar-refractivity contribution is 0.210. The molecule has 0 aliphatic carbocycles. The van der Waals surface area contributed by atoms with E-state index in [9.17, 15) is 0 Å². The summed E-state index contributed by atoms with van der Waals surface area (Å²) in [5.41, 5.74) is 6.96. The molecule has 0 radical (unpaired) electrons. The topological polar surface area (TPSA) is 38.5 Å². The second-order valence-electron chi connectivity index (χ2n) is 4.76. The summed E-state index contributed by atoms with van der Waals surface area (Å²) >= 11 is 0. The minimum absolute atomic E-state index is 0.437. The molecule has 1 aliphatic rings. The first-order valence-corrected chi connectivity index (χ1v) is 6.64. The van der Waals surface area contributed by atoms with Crippen LogP contribution < -0.4 is 10.5 Å². The molecule has 3 heteroatoms. The molecule has 1 aromatic carbocycles. The number of nitrogens with zero attached hydrogens (tertiary/aromatic N) is 1. The van der Waals surface area contributed by atoms with Crippen molar-refractivity contribution in [2.45, 2.75) is 32.0 Å². The van der Waals surface area contributed by atoms with Crippen LogP contribution in [0.2, 0.25) is 0 Å². The van der Waals surface area contributed by atoms with Crippen LogP contribution in [0.1, 0.15) is 24.8 Å². The Bertz CT molecular complexity index is 386. The highest BCUT2D eigenvalue weighted by Gasteiger charge is 2.13. The molecule has 1 aliphatic heterocycles. The first-order valence-electron chi connectivity index (χ1n) is 6.64. The highest BCUT2D eigenvalue weighted by atomic mass is 16.5. The van der Waals surface area contributed by atoms with Crippen molar-refractivity contribution < 1.29 is 4.74 Å². The average molecular weight is 246 g/mol. The molecule has 2 rings (SSSR count). The second-order valence-corrected chi connectivity index (χ2v) is 4.76. The van der Waals surface area contributed by atoms with E-state index in [-0.39, 0.29) is 0 Å². The molecule has 1 saturated heterocycles. The van der Waals surface area contributed by atoms with Crippen LogP contribution in [0, 0.1) is 0 Å². The lowest BCUT2D eigenvalue weighted by Gasteiger charge is -2.27. The Balaban J connectivity index is 2.04. The third-order valence-corrected chi connectivity index (χ3v) is 3.31. The van der Waals surface area contributed by atoms with Crippen LogP contribution >= 0.6 is 0 Å². The lowest BCUT2D eigenvalue weighted by Crippen LogP contribution is -2.30. The number of rotatable bonds is 5. The van der Waals surface area contributed by atoms with Crippen molar-refractivity contribution in [1.29, 1.82) is 0 Å². The Morgan fingerprint density at radius 1 is 1.28 bits per heavy atom. The number of para-hydroxylation sites is 1. The highest BCUT2D eigenvalue weighted by Crippen LogP contribution is 2.22. The summed E-state index contributed by atoms with van der Waals surface area (Å²) in [5.74, 6) is 0.871. The van der Waals surface area contributed by atoms with E-state index in [0.29, 0.717) is 0 Å². The van der Waals surface area contributed by atoms with Crippen LogP contribution in [0.5, 0.6) is 5.75 Å². The summed E-state index contributed by atoms with van der Waals surface area (Å²) < 4.78 is 5.67. The zero-order valence-corrected chi connectivity index (χ0v) is 10.8. The SMILES string of the molecule is C=CC(N)Oc1ccccc1CN1CCCCC1. The zero-order chi connectivity index (χ0) is 12.8. The van der Waals surface area contributed by atoms with Crippen LogP contribution in [0.4, 0.5) is 0 Å². The third-order valence-electron chi connectivity index (χ3n) is 3.31. The predicted octanol–water partition coefficient (Wildman–Crippen LogP) is 2.52. The van der Waals surface area contributed by atoms with E-state index in [4.69, 9.17) is 10.5 Å². The number of hydrogen-bond acceptors (Lipinski definition) is 3. The molecule has 3 nitrogen and oxygen atoms in total. The van der Waals surface area contributed by atoms with Gasteiger partial charge < -0.3 is 4.74 Å². The van der Waals surface area contributed by atoms with E-state index in [0.717, 1.165) is 12.3 Å². The van der Waals surface area contributed by atoms with Gasteiger partial charge in [0, 0.05) is 12.1 Å². The maximum atomic E-state index is 5.75. The van der Waals surface area contributed by atoms with E-state index >= 15 is 0 Å². The first-order chi connectivity index (χ1) is 8.79. The molecular formula is C15H22N2O. The molecule has 1 aromatic rings. The van der Waals surface area contributed by atoms with Crippen molar-refractivity contribution >= 4 is 0 Å². The van der Waals surface area contributed by atoms with Crippen LogP contribution in [-0.4, -0.2) is 24.2 Å². The normalized spacial score (nSPS) is 18.3. The minimum atomic E-state index is -0.437. The molecule has 1 fully saturated rings. The first kappa shape index (κ1) is 13.1. The molecule has 0 spiro atoms. The fourth-order valence-corrected chi connectivity index (χ4v) is 2.30. The maximum Gasteiger partial charge on any atom is 0.166 e. The van der Waals surface area contributed by atoms with Gasteiger partial charge in [-0.05, 0) is 38.1 Å². The Hall–Kier alpha value is -1.32. The van der Waals surface area contributed by atoms with Gasteiger partial charge >= 0.3 is 0 Å². The molecule has 1 heterocycles. The van der Waals surface area contributed by atoms with Gasteiger partial charge in [-0.15, -0.1) is 0 Å². The van der Waals surface area contributed by atoms with Crippen LogP contribution in [0.25, 0.3) is 0 Å². The minimum Gasteiger partial charge on any atom is -0.472 e. The van der Waals surface area contributed by atoms with Crippen molar-refractivity contribution in [3.8, 4) is 5.75 Å². The van der Waals surface area contributed by atoms with E-state index in [1.54, 1.807) is 6.08 Å². The van der Waals surface area contributed by atoms with Crippen LogP contribution in [0.15, 0.2) is 36.9 Å². The van der Waals surface area contributed by atoms with Gasteiger partial charge in [0.15, 0.2) is 6.23 Å². The predicted molar refractivity (Wildman–Crippen MR) is 74.4 cm³/mol. The molecule has 0 amide bonds. The summed E-state index contributed by atoms with van der Waals surface area (Å²) in [6.07, 6.45) is 5.13. The van der Waals surface area contributed by atoms with Gasteiger partial charge in [-0.2, -0.15) is 0 Å². The second kappa shape index (κ2) is 6.57. The summed E-state index contributed by atoms with van der Waals surface area (Å²) in [6, 6.07) is 8.11. The summed E-state index contributed by atoms with van der Waals surface area (Å²) in [6.45, 7) is 6.95. The number of piperidine rings is 1. The third kappa shape index (κ3) is 3.59. The number of hydrogen-bond donors (Lipinski definition) is 1. The van der Waals surface area contributed by atoms with E-state index in [2.05, 4.69) is 17.5 Å². The smallest absolute Gasteiger partial charge is 0.166 e. The van der Waals surface area contributed by atoms with Crippen molar-refractivity contribution in [3.63, 3.8) is 0 Å². The Morgan fingerprint density at radius 2 is 2.00 bits per heavy atom. The monoisotopic (exact) mass is 246 g/mol. The average Bonchev–Trinajstić information content (AvgIpc) is 2.42. The van der Waals surface area contributed by atoms with Gasteiger partial charge in [0.2, 0.25) is 0 Å². The van der Waals surface area contributed by atoms with Gasteiger partial charge in [0.1, 0.15) is 5.75 Å². The molecule has 0 aromatic heterocycles. The molecule has 1 unspecified atom stereocenters. The van der Waals surface area contributed by atoms with E-state index in [1.807, 2.05) is 18.2 Å². The maximum absolute atomic E-state index is 5.75. The summed E-state index contributed by atoms with van der Waals surface area (Å²) in [4.78, 5) is 2.48. The standard InChI is InChI=1S/C15H22N2O/c1-2-15(16)18-14-9-5-4-8-13(14)12-17-10-6-3-7-11-17/h2,4-5,8-9,15H,1,3,6-7,10-12,16H2. The lowest BCUT2D eigenvalue weighted by atomic mass is 10.1. The molecule has 98 valence electrons.